The number of halogens is 3. The molecule has 0 spiro atoms. The number of anilines is 2. The third-order valence-corrected chi connectivity index (χ3v) is 7.99. The van der Waals surface area contributed by atoms with Crippen molar-refractivity contribution in [3.05, 3.63) is 44.9 Å². The first-order valence-electron chi connectivity index (χ1n) is 12.1. The fourth-order valence-corrected chi connectivity index (χ4v) is 5.61. The first-order valence-corrected chi connectivity index (χ1v) is 12.9. The molecule has 16 heteroatoms. The van der Waals surface area contributed by atoms with Crippen LogP contribution in [0.25, 0.3) is 21.7 Å². The van der Waals surface area contributed by atoms with Gasteiger partial charge in [-0.05, 0) is 25.2 Å². The van der Waals surface area contributed by atoms with Gasteiger partial charge in [0, 0.05) is 43.5 Å². The Balaban J connectivity index is 1.20. The second-order valence-corrected chi connectivity index (χ2v) is 10.7. The van der Waals surface area contributed by atoms with Gasteiger partial charge in [0.25, 0.3) is 5.56 Å². The molecule has 1 saturated carbocycles. The number of piperidine rings is 1. The van der Waals surface area contributed by atoms with Crippen molar-refractivity contribution in [2.24, 2.45) is 18.9 Å². The van der Waals surface area contributed by atoms with Gasteiger partial charge in [-0.25, -0.2) is 29.3 Å². The zero-order valence-corrected chi connectivity index (χ0v) is 21.5. The summed E-state index contributed by atoms with van der Waals surface area (Å²) >= 11 is 1.28. The molecule has 39 heavy (non-hydrogen) atoms. The Hall–Kier alpha value is -4.08. The van der Waals surface area contributed by atoms with Crippen molar-refractivity contribution in [1.29, 1.82) is 0 Å². The van der Waals surface area contributed by atoms with Crippen molar-refractivity contribution in [2.75, 3.05) is 23.3 Å². The Kier molecular flexibility index (Phi) is 5.82. The maximum absolute atomic E-state index is 13.0. The number of rotatable bonds is 6. The number of fused-ring (bicyclic) bond motifs is 2. The largest absolute Gasteiger partial charge is 0.406 e. The first-order chi connectivity index (χ1) is 18.5. The lowest BCUT2D eigenvalue weighted by atomic mass is 10.3. The van der Waals surface area contributed by atoms with Crippen LogP contribution in [0.1, 0.15) is 19.4 Å². The lowest BCUT2D eigenvalue weighted by Crippen LogP contribution is -2.43. The Morgan fingerprint density at radius 3 is 2.54 bits per heavy atom. The van der Waals surface area contributed by atoms with E-state index >= 15 is 0 Å². The quantitative estimate of drug-likeness (QED) is 0.378. The van der Waals surface area contributed by atoms with E-state index in [9.17, 15) is 27.6 Å². The number of thiazole rings is 1. The summed E-state index contributed by atoms with van der Waals surface area (Å²) in [5.41, 5.74) is -2.08. The van der Waals surface area contributed by atoms with Gasteiger partial charge in [0.15, 0.2) is 11.2 Å². The number of imidazole rings is 1. The molecule has 0 aromatic carbocycles. The molecule has 1 aliphatic carbocycles. The molecule has 12 nitrogen and oxygen atoms in total. The van der Waals surface area contributed by atoms with E-state index in [1.54, 1.807) is 17.8 Å². The Morgan fingerprint density at radius 1 is 1.18 bits per heavy atom. The number of hydrogen-bond donors (Lipinski definition) is 1. The summed E-state index contributed by atoms with van der Waals surface area (Å²) < 4.78 is 41.1. The van der Waals surface area contributed by atoms with Gasteiger partial charge in [0.1, 0.15) is 23.4 Å². The summed E-state index contributed by atoms with van der Waals surface area (Å²) in [4.78, 5) is 57.7. The molecule has 1 amide bonds. The third kappa shape index (κ3) is 4.57. The summed E-state index contributed by atoms with van der Waals surface area (Å²) in [5, 5.41) is 4.88. The van der Waals surface area contributed by atoms with E-state index in [1.165, 1.54) is 31.7 Å². The standard InChI is InChI=1S/C23H22F3N9O3S/c1-11(35-10-29-17-16(35)20(37)34(9-23(24,25)26)22(38)32(17)2)18(36)30-15-8-39-19(31-15)14-4-27-21(28-5-14)33-6-12-3-13(12)7-33/h4-5,8,10-13H,3,6-7,9H2,1-2H3,(H,30,36). The summed E-state index contributed by atoms with van der Waals surface area (Å²) in [6, 6.07) is -1.06. The molecule has 2 aliphatic rings. The molecule has 1 saturated heterocycles. The van der Waals surface area contributed by atoms with Gasteiger partial charge in [0.05, 0.1) is 6.33 Å². The summed E-state index contributed by atoms with van der Waals surface area (Å²) in [6.45, 7) is 1.66. The van der Waals surface area contributed by atoms with Crippen LogP contribution >= 0.6 is 11.3 Å². The summed E-state index contributed by atoms with van der Waals surface area (Å²) in [6.07, 6.45) is 1.01. The number of aryl methyl sites for hydroxylation is 1. The molecule has 0 bridgehead atoms. The molecule has 1 N–H and O–H groups in total. The van der Waals surface area contributed by atoms with Gasteiger partial charge >= 0.3 is 11.9 Å². The van der Waals surface area contributed by atoms with Crippen LogP contribution in [0, 0.1) is 11.8 Å². The van der Waals surface area contributed by atoms with Crippen molar-refractivity contribution < 1.29 is 18.0 Å². The Morgan fingerprint density at radius 2 is 1.87 bits per heavy atom. The number of carbonyl (C=O) groups excluding carboxylic acids is 1. The molecule has 4 aromatic rings. The molecular formula is C23H22F3N9O3S. The van der Waals surface area contributed by atoms with E-state index in [0.717, 1.165) is 40.4 Å². The van der Waals surface area contributed by atoms with E-state index in [0.29, 0.717) is 16.5 Å². The SMILES string of the molecule is CC(C(=O)Nc1csc(-c2cnc(N3CC4CC4C3)nc2)n1)n1cnc2c1c(=O)n(CC(F)(F)F)c(=O)n2C. The van der Waals surface area contributed by atoms with Crippen molar-refractivity contribution in [2.45, 2.75) is 32.1 Å². The number of hydrogen-bond acceptors (Lipinski definition) is 9. The van der Waals surface area contributed by atoms with E-state index in [4.69, 9.17) is 0 Å². The average molecular weight is 562 g/mol. The minimum absolute atomic E-state index is 0.0810. The van der Waals surface area contributed by atoms with Gasteiger partial charge < -0.3 is 14.8 Å². The smallest absolute Gasteiger partial charge is 0.340 e. The molecule has 1 aliphatic heterocycles. The average Bonchev–Trinajstić information content (AvgIpc) is 3.29. The highest BCUT2D eigenvalue weighted by Crippen LogP contribution is 2.45. The Bertz CT molecular complexity index is 1700. The van der Waals surface area contributed by atoms with Crippen LogP contribution in [0.4, 0.5) is 24.9 Å². The van der Waals surface area contributed by atoms with Crippen LogP contribution < -0.4 is 21.5 Å². The van der Waals surface area contributed by atoms with Crippen LogP contribution in [0.3, 0.4) is 0 Å². The molecule has 2 fully saturated rings. The number of carbonyl (C=O) groups is 1. The van der Waals surface area contributed by atoms with Crippen LogP contribution in [0.5, 0.6) is 0 Å². The van der Waals surface area contributed by atoms with Crippen LogP contribution in [0.15, 0.2) is 33.7 Å². The van der Waals surface area contributed by atoms with Crippen molar-refractivity contribution >= 4 is 40.2 Å². The predicted octanol–water partition coefficient (Wildman–Crippen LogP) is 2.03. The number of alkyl halides is 3. The molecule has 204 valence electrons. The summed E-state index contributed by atoms with van der Waals surface area (Å²) in [5.74, 6) is 1.87. The normalized spacial score (nSPS) is 19.4. The monoisotopic (exact) mass is 561 g/mol. The minimum atomic E-state index is -4.79. The van der Waals surface area contributed by atoms with Crippen molar-refractivity contribution in [1.82, 2.24) is 33.6 Å². The first kappa shape index (κ1) is 25.2. The van der Waals surface area contributed by atoms with Crippen molar-refractivity contribution in [3.63, 3.8) is 0 Å². The number of nitrogens with zero attached hydrogens (tertiary/aromatic N) is 8. The van der Waals surface area contributed by atoms with Gasteiger partial charge in [0.2, 0.25) is 11.9 Å². The molecule has 4 aromatic heterocycles. The predicted molar refractivity (Wildman–Crippen MR) is 136 cm³/mol. The fourth-order valence-electron chi connectivity index (χ4n) is 4.88. The zero-order valence-electron chi connectivity index (χ0n) is 20.7. The molecule has 0 radical (unpaired) electrons. The third-order valence-electron chi connectivity index (χ3n) is 7.09. The van der Waals surface area contributed by atoms with Gasteiger partial charge in [-0.2, -0.15) is 13.2 Å². The van der Waals surface area contributed by atoms with E-state index in [-0.39, 0.29) is 21.5 Å². The highest BCUT2D eigenvalue weighted by Gasteiger charge is 2.45. The second kappa shape index (κ2) is 9.00. The highest BCUT2D eigenvalue weighted by atomic mass is 32.1. The minimum Gasteiger partial charge on any atom is -0.340 e. The van der Waals surface area contributed by atoms with Gasteiger partial charge in [-0.15, -0.1) is 11.3 Å². The summed E-state index contributed by atoms with van der Waals surface area (Å²) in [7, 11) is 1.21. The maximum Gasteiger partial charge on any atom is 0.406 e. The number of nitrogens with one attached hydrogen (secondary N) is 1. The zero-order chi connectivity index (χ0) is 27.6. The Labute approximate surface area is 221 Å². The van der Waals surface area contributed by atoms with Crippen LogP contribution in [0.2, 0.25) is 0 Å². The van der Waals surface area contributed by atoms with Crippen LogP contribution in [-0.4, -0.2) is 58.8 Å². The van der Waals surface area contributed by atoms with E-state index < -0.39 is 35.9 Å². The lowest BCUT2D eigenvalue weighted by molar-refractivity contribution is -0.142. The highest BCUT2D eigenvalue weighted by molar-refractivity contribution is 7.13. The molecule has 3 atom stereocenters. The second-order valence-electron chi connectivity index (χ2n) is 9.81. The lowest BCUT2D eigenvalue weighted by Gasteiger charge is -2.17. The topological polar surface area (TPSA) is 133 Å². The van der Waals surface area contributed by atoms with Crippen LogP contribution in [-0.2, 0) is 18.4 Å². The molecular weight excluding hydrogens is 539 g/mol. The molecule has 5 heterocycles. The van der Waals surface area contributed by atoms with Gasteiger partial charge in [-0.1, -0.05) is 0 Å². The van der Waals surface area contributed by atoms with Crippen molar-refractivity contribution in [3.8, 4) is 10.6 Å². The maximum atomic E-state index is 13.0. The number of amides is 1. The fraction of sp³-hybridized carbons (Fsp3) is 0.435. The van der Waals surface area contributed by atoms with Gasteiger partial charge in [-0.3, -0.25) is 14.2 Å². The van der Waals surface area contributed by atoms with E-state index in [1.807, 2.05) is 0 Å². The molecule has 6 rings (SSSR count). The van der Waals surface area contributed by atoms with E-state index in [2.05, 4.69) is 30.2 Å². The molecule has 3 unspecified atom stereocenters. The number of aromatic nitrogens is 7.